The number of piperidine rings is 2. The molecule has 2 aliphatic rings. The highest BCUT2D eigenvalue weighted by Crippen LogP contribution is 2.40. The fourth-order valence-corrected chi connectivity index (χ4v) is 4.44. The van der Waals surface area contributed by atoms with E-state index in [2.05, 4.69) is 4.98 Å². The van der Waals surface area contributed by atoms with Gasteiger partial charge in [-0.2, -0.15) is 0 Å². The zero-order valence-electron chi connectivity index (χ0n) is 15.3. The Hall–Kier alpha value is -2.43. The van der Waals surface area contributed by atoms with Crippen molar-refractivity contribution < 1.29 is 9.59 Å². The molecule has 2 amide bonds. The van der Waals surface area contributed by atoms with E-state index in [0.29, 0.717) is 6.42 Å². The number of carbonyl (C=O) groups is 2. The summed E-state index contributed by atoms with van der Waals surface area (Å²) >= 11 is 0. The standard InChI is InChI=1S/C21H25N3O2/c1-2-23-15-21(9-7-19(23)25)10-13-24(14-11-21)20(26)17-8-12-22-18-6-4-3-5-16(17)18/h3-6,8,12H,2,7,9-11,13-15H2,1H3. The number of aromatic nitrogens is 1. The summed E-state index contributed by atoms with van der Waals surface area (Å²) in [7, 11) is 0. The Balaban J connectivity index is 1.49. The van der Waals surface area contributed by atoms with Crippen LogP contribution in [0.25, 0.3) is 10.9 Å². The number of hydrogen-bond acceptors (Lipinski definition) is 3. The molecule has 0 N–H and O–H groups in total. The molecule has 2 saturated heterocycles. The van der Waals surface area contributed by atoms with Crippen molar-refractivity contribution >= 4 is 22.7 Å². The Bertz CT molecular complexity index is 835. The first kappa shape index (κ1) is 17.0. The first-order valence-corrected chi connectivity index (χ1v) is 9.53. The Morgan fingerprint density at radius 3 is 2.69 bits per heavy atom. The lowest BCUT2D eigenvalue weighted by Crippen LogP contribution is -2.52. The third-order valence-corrected chi connectivity index (χ3v) is 6.12. The van der Waals surface area contributed by atoms with Crippen molar-refractivity contribution in [1.29, 1.82) is 0 Å². The summed E-state index contributed by atoms with van der Waals surface area (Å²) in [5.41, 5.74) is 1.79. The van der Waals surface area contributed by atoms with Crippen LogP contribution in [-0.4, -0.2) is 52.8 Å². The van der Waals surface area contributed by atoms with Crippen LogP contribution in [0.15, 0.2) is 36.5 Å². The number of pyridine rings is 1. The topological polar surface area (TPSA) is 53.5 Å². The van der Waals surface area contributed by atoms with Crippen molar-refractivity contribution in [3.63, 3.8) is 0 Å². The fraction of sp³-hybridized carbons (Fsp3) is 0.476. The molecule has 0 saturated carbocycles. The van der Waals surface area contributed by atoms with Crippen LogP contribution in [0.1, 0.15) is 43.0 Å². The van der Waals surface area contributed by atoms with Crippen LogP contribution in [0.5, 0.6) is 0 Å². The number of amides is 2. The lowest BCUT2D eigenvalue weighted by Gasteiger charge is -2.47. The van der Waals surface area contributed by atoms with Crippen molar-refractivity contribution in [2.75, 3.05) is 26.2 Å². The van der Waals surface area contributed by atoms with Crippen molar-refractivity contribution in [3.8, 4) is 0 Å². The van der Waals surface area contributed by atoms with Crippen LogP contribution in [-0.2, 0) is 4.79 Å². The second-order valence-electron chi connectivity index (χ2n) is 7.58. The molecule has 0 aliphatic carbocycles. The second-order valence-corrected chi connectivity index (χ2v) is 7.58. The van der Waals surface area contributed by atoms with Crippen LogP contribution in [0.4, 0.5) is 0 Å². The highest BCUT2D eigenvalue weighted by molar-refractivity contribution is 6.06. The number of carbonyl (C=O) groups excluding carboxylic acids is 2. The third-order valence-electron chi connectivity index (χ3n) is 6.12. The number of likely N-dealkylation sites (tertiary alicyclic amines) is 2. The average molecular weight is 351 g/mol. The van der Waals surface area contributed by atoms with Gasteiger partial charge in [0.25, 0.3) is 5.91 Å². The summed E-state index contributed by atoms with van der Waals surface area (Å²) in [6.45, 7) is 5.21. The zero-order chi connectivity index (χ0) is 18.1. The van der Waals surface area contributed by atoms with Crippen molar-refractivity contribution in [3.05, 3.63) is 42.1 Å². The molecule has 2 fully saturated rings. The van der Waals surface area contributed by atoms with E-state index in [1.54, 1.807) is 6.20 Å². The van der Waals surface area contributed by atoms with Gasteiger partial charge in [-0.05, 0) is 43.7 Å². The van der Waals surface area contributed by atoms with E-state index in [-0.39, 0.29) is 17.2 Å². The normalized spacial score (nSPS) is 20.0. The maximum Gasteiger partial charge on any atom is 0.254 e. The van der Waals surface area contributed by atoms with Gasteiger partial charge in [0.05, 0.1) is 11.1 Å². The van der Waals surface area contributed by atoms with E-state index in [1.807, 2.05) is 47.1 Å². The van der Waals surface area contributed by atoms with E-state index in [4.69, 9.17) is 0 Å². The van der Waals surface area contributed by atoms with Crippen LogP contribution < -0.4 is 0 Å². The van der Waals surface area contributed by atoms with Gasteiger partial charge in [0, 0.05) is 44.2 Å². The van der Waals surface area contributed by atoms with Crippen LogP contribution >= 0.6 is 0 Å². The molecule has 136 valence electrons. The maximum atomic E-state index is 13.1. The van der Waals surface area contributed by atoms with Gasteiger partial charge in [0.1, 0.15) is 0 Å². The molecule has 1 aromatic heterocycles. The summed E-state index contributed by atoms with van der Waals surface area (Å²) < 4.78 is 0. The Morgan fingerprint density at radius 2 is 1.92 bits per heavy atom. The van der Waals surface area contributed by atoms with Crippen molar-refractivity contribution in [1.82, 2.24) is 14.8 Å². The van der Waals surface area contributed by atoms with Gasteiger partial charge in [-0.1, -0.05) is 18.2 Å². The minimum absolute atomic E-state index is 0.0951. The van der Waals surface area contributed by atoms with Gasteiger partial charge < -0.3 is 9.80 Å². The van der Waals surface area contributed by atoms with Gasteiger partial charge in [-0.15, -0.1) is 0 Å². The van der Waals surface area contributed by atoms with Gasteiger partial charge in [-0.3, -0.25) is 14.6 Å². The summed E-state index contributed by atoms with van der Waals surface area (Å²) in [6.07, 6.45) is 5.28. The smallest absolute Gasteiger partial charge is 0.254 e. The molecule has 5 heteroatoms. The quantitative estimate of drug-likeness (QED) is 0.835. The van der Waals surface area contributed by atoms with Crippen molar-refractivity contribution in [2.45, 2.75) is 32.6 Å². The Labute approximate surface area is 154 Å². The Kier molecular flexibility index (Phi) is 4.39. The molecule has 0 atom stereocenters. The number of nitrogens with zero attached hydrogens (tertiary/aromatic N) is 3. The molecule has 3 heterocycles. The van der Waals surface area contributed by atoms with Crippen LogP contribution in [0.3, 0.4) is 0 Å². The van der Waals surface area contributed by atoms with Gasteiger partial charge >= 0.3 is 0 Å². The lowest BCUT2D eigenvalue weighted by atomic mass is 9.72. The minimum atomic E-state index is 0.0951. The molecule has 26 heavy (non-hydrogen) atoms. The molecule has 2 aromatic rings. The van der Waals surface area contributed by atoms with E-state index in [1.165, 1.54) is 0 Å². The summed E-state index contributed by atoms with van der Waals surface area (Å²) in [5.74, 6) is 0.373. The highest BCUT2D eigenvalue weighted by atomic mass is 16.2. The Morgan fingerprint density at radius 1 is 1.15 bits per heavy atom. The third kappa shape index (κ3) is 2.96. The number of hydrogen-bond donors (Lipinski definition) is 0. The largest absolute Gasteiger partial charge is 0.342 e. The molecular weight excluding hydrogens is 326 g/mol. The molecule has 2 aliphatic heterocycles. The number of fused-ring (bicyclic) bond motifs is 1. The first-order valence-electron chi connectivity index (χ1n) is 9.53. The molecule has 1 aromatic carbocycles. The number of para-hydroxylation sites is 1. The molecular formula is C21H25N3O2. The van der Waals surface area contributed by atoms with E-state index in [0.717, 1.165) is 61.9 Å². The number of rotatable bonds is 2. The summed E-state index contributed by atoms with van der Waals surface area (Å²) in [6, 6.07) is 9.62. The van der Waals surface area contributed by atoms with E-state index in [9.17, 15) is 9.59 Å². The molecule has 0 unspecified atom stereocenters. The fourth-order valence-electron chi connectivity index (χ4n) is 4.44. The maximum absolute atomic E-state index is 13.1. The molecule has 4 rings (SSSR count). The van der Waals surface area contributed by atoms with Crippen LogP contribution in [0, 0.1) is 5.41 Å². The summed E-state index contributed by atoms with van der Waals surface area (Å²) in [4.78, 5) is 33.4. The lowest BCUT2D eigenvalue weighted by molar-refractivity contribution is -0.138. The van der Waals surface area contributed by atoms with E-state index < -0.39 is 0 Å². The minimum Gasteiger partial charge on any atom is -0.342 e. The summed E-state index contributed by atoms with van der Waals surface area (Å²) in [5, 5.41) is 0.917. The highest BCUT2D eigenvalue weighted by Gasteiger charge is 2.41. The average Bonchev–Trinajstić information content (AvgIpc) is 2.69. The number of benzene rings is 1. The second kappa shape index (κ2) is 6.71. The zero-order valence-corrected chi connectivity index (χ0v) is 15.3. The first-order chi connectivity index (χ1) is 12.6. The van der Waals surface area contributed by atoms with Gasteiger partial charge in [0.2, 0.25) is 5.91 Å². The van der Waals surface area contributed by atoms with Crippen LogP contribution in [0.2, 0.25) is 0 Å². The van der Waals surface area contributed by atoms with Gasteiger partial charge in [0.15, 0.2) is 0 Å². The monoisotopic (exact) mass is 351 g/mol. The van der Waals surface area contributed by atoms with Crippen molar-refractivity contribution in [2.24, 2.45) is 5.41 Å². The molecule has 0 bridgehead atoms. The van der Waals surface area contributed by atoms with E-state index >= 15 is 0 Å². The molecule has 0 radical (unpaired) electrons. The predicted octanol–water partition coefficient (Wildman–Crippen LogP) is 3.10. The molecule has 5 nitrogen and oxygen atoms in total. The predicted molar refractivity (Wildman–Crippen MR) is 101 cm³/mol. The molecule has 1 spiro atoms. The van der Waals surface area contributed by atoms with Gasteiger partial charge in [-0.25, -0.2) is 0 Å². The SMILES string of the molecule is CCN1CC2(CCC1=O)CCN(C(=O)c1ccnc3ccccc13)CC2.